The van der Waals surface area contributed by atoms with Crippen molar-refractivity contribution in [2.24, 2.45) is 0 Å². The van der Waals surface area contributed by atoms with E-state index < -0.39 is 10.0 Å². The first-order valence-electron chi connectivity index (χ1n) is 6.37. The summed E-state index contributed by atoms with van der Waals surface area (Å²) in [5.74, 6) is 0. The van der Waals surface area contributed by atoms with E-state index in [1.54, 1.807) is 4.31 Å². The molecule has 0 aromatic rings. The Balaban J connectivity index is 2.43. The van der Waals surface area contributed by atoms with Gasteiger partial charge >= 0.3 is 0 Å². The SMILES string of the molecule is CCCC(C)(C)OC1CCN(S(C)(=O)=O)CC1. The first-order chi connectivity index (χ1) is 7.74. The van der Waals surface area contributed by atoms with Crippen LogP contribution in [0.5, 0.6) is 0 Å². The molecule has 0 bridgehead atoms. The summed E-state index contributed by atoms with van der Waals surface area (Å²) in [5, 5.41) is 0. The molecule has 0 unspecified atom stereocenters. The Morgan fingerprint density at radius 3 is 2.24 bits per heavy atom. The van der Waals surface area contributed by atoms with Crippen molar-refractivity contribution < 1.29 is 13.2 Å². The van der Waals surface area contributed by atoms with Crippen LogP contribution in [0.1, 0.15) is 46.5 Å². The van der Waals surface area contributed by atoms with E-state index in [1.807, 2.05) is 0 Å². The Morgan fingerprint density at radius 1 is 1.29 bits per heavy atom. The van der Waals surface area contributed by atoms with Crippen LogP contribution in [-0.2, 0) is 14.8 Å². The quantitative estimate of drug-likeness (QED) is 0.762. The minimum absolute atomic E-state index is 0.0906. The van der Waals surface area contributed by atoms with Crippen LogP contribution in [0, 0.1) is 0 Å². The smallest absolute Gasteiger partial charge is 0.211 e. The Labute approximate surface area is 105 Å². The molecule has 17 heavy (non-hydrogen) atoms. The molecule has 0 saturated carbocycles. The molecule has 1 fully saturated rings. The highest BCUT2D eigenvalue weighted by Gasteiger charge is 2.29. The molecule has 4 nitrogen and oxygen atoms in total. The van der Waals surface area contributed by atoms with Gasteiger partial charge in [0.1, 0.15) is 0 Å². The van der Waals surface area contributed by atoms with Crippen molar-refractivity contribution in [3.8, 4) is 0 Å². The number of nitrogens with zero attached hydrogens (tertiary/aromatic N) is 1. The minimum atomic E-state index is -3.03. The fourth-order valence-corrected chi connectivity index (χ4v) is 3.27. The lowest BCUT2D eigenvalue weighted by Gasteiger charge is -2.35. The average molecular weight is 263 g/mol. The lowest BCUT2D eigenvalue weighted by atomic mass is 10.0. The third-order valence-electron chi connectivity index (χ3n) is 3.21. The summed E-state index contributed by atoms with van der Waals surface area (Å²) in [4.78, 5) is 0. The maximum Gasteiger partial charge on any atom is 0.211 e. The van der Waals surface area contributed by atoms with Crippen LogP contribution in [-0.4, -0.2) is 43.8 Å². The predicted octanol–water partition coefficient (Wildman–Crippen LogP) is 2.01. The Kier molecular flexibility index (Phi) is 4.98. The van der Waals surface area contributed by atoms with Gasteiger partial charge < -0.3 is 4.74 Å². The van der Waals surface area contributed by atoms with Crippen molar-refractivity contribution in [1.82, 2.24) is 4.31 Å². The van der Waals surface area contributed by atoms with E-state index in [2.05, 4.69) is 20.8 Å². The monoisotopic (exact) mass is 263 g/mol. The Morgan fingerprint density at radius 2 is 1.82 bits per heavy atom. The minimum Gasteiger partial charge on any atom is -0.372 e. The largest absolute Gasteiger partial charge is 0.372 e. The van der Waals surface area contributed by atoms with Gasteiger partial charge in [0.25, 0.3) is 0 Å². The fourth-order valence-electron chi connectivity index (χ4n) is 2.39. The van der Waals surface area contributed by atoms with Crippen molar-refractivity contribution in [2.75, 3.05) is 19.3 Å². The Bertz CT molecular complexity index is 330. The van der Waals surface area contributed by atoms with Gasteiger partial charge in [-0.15, -0.1) is 0 Å². The van der Waals surface area contributed by atoms with Crippen LogP contribution in [0.2, 0.25) is 0 Å². The van der Waals surface area contributed by atoms with E-state index in [4.69, 9.17) is 4.74 Å². The van der Waals surface area contributed by atoms with E-state index in [1.165, 1.54) is 6.26 Å². The molecule has 1 saturated heterocycles. The third-order valence-corrected chi connectivity index (χ3v) is 4.51. The maximum atomic E-state index is 11.4. The molecule has 1 aliphatic heterocycles. The molecule has 0 spiro atoms. The number of rotatable bonds is 5. The van der Waals surface area contributed by atoms with Gasteiger partial charge in [-0.05, 0) is 33.1 Å². The van der Waals surface area contributed by atoms with Gasteiger partial charge in [-0.3, -0.25) is 0 Å². The van der Waals surface area contributed by atoms with Gasteiger partial charge in [-0.1, -0.05) is 13.3 Å². The van der Waals surface area contributed by atoms with Crippen LogP contribution < -0.4 is 0 Å². The van der Waals surface area contributed by atoms with Crippen molar-refractivity contribution >= 4 is 10.0 Å². The second kappa shape index (κ2) is 5.67. The van der Waals surface area contributed by atoms with Gasteiger partial charge in [0.05, 0.1) is 18.0 Å². The topological polar surface area (TPSA) is 46.6 Å². The standard InChI is InChI=1S/C12H25NO3S/c1-5-8-12(2,3)16-11-6-9-13(10-7-11)17(4,14)15/h11H,5-10H2,1-4H3. The molecule has 0 N–H and O–H groups in total. The number of ether oxygens (including phenoxy) is 1. The molecule has 1 aliphatic rings. The maximum absolute atomic E-state index is 11.4. The molecule has 102 valence electrons. The van der Waals surface area contributed by atoms with Crippen LogP contribution in [0.25, 0.3) is 0 Å². The first kappa shape index (κ1) is 14.9. The highest BCUT2D eigenvalue weighted by atomic mass is 32.2. The van der Waals surface area contributed by atoms with Crippen molar-refractivity contribution in [1.29, 1.82) is 0 Å². The average Bonchev–Trinajstić information content (AvgIpc) is 2.16. The van der Waals surface area contributed by atoms with Crippen LogP contribution in [0.3, 0.4) is 0 Å². The molecule has 1 heterocycles. The predicted molar refractivity (Wildman–Crippen MR) is 69.5 cm³/mol. The zero-order chi connectivity index (χ0) is 13.1. The highest BCUT2D eigenvalue weighted by Crippen LogP contribution is 2.24. The van der Waals surface area contributed by atoms with Crippen molar-refractivity contribution in [2.45, 2.75) is 58.2 Å². The molecule has 0 aliphatic carbocycles. The summed E-state index contributed by atoms with van der Waals surface area (Å²) in [6.45, 7) is 7.55. The molecule has 1 rings (SSSR count). The summed E-state index contributed by atoms with van der Waals surface area (Å²) < 4.78 is 30.3. The second-order valence-electron chi connectivity index (χ2n) is 5.49. The van der Waals surface area contributed by atoms with Gasteiger partial charge in [0.2, 0.25) is 10.0 Å². The number of sulfonamides is 1. The zero-order valence-electron chi connectivity index (χ0n) is 11.4. The molecular weight excluding hydrogens is 238 g/mol. The van der Waals surface area contributed by atoms with Gasteiger partial charge in [0.15, 0.2) is 0 Å². The molecule has 0 amide bonds. The summed E-state index contributed by atoms with van der Waals surface area (Å²) >= 11 is 0. The fraction of sp³-hybridized carbons (Fsp3) is 1.00. The zero-order valence-corrected chi connectivity index (χ0v) is 12.2. The molecule has 0 aromatic heterocycles. The number of piperidine rings is 1. The van der Waals surface area contributed by atoms with Gasteiger partial charge in [-0.25, -0.2) is 12.7 Å². The van der Waals surface area contributed by atoms with E-state index in [-0.39, 0.29) is 11.7 Å². The first-order valence-corrected chi connectivity index (χ1v) is 8.22. The van der Waals surface area contributed by atoms with Crippen LogP contribution in [0.15, 0.2) is 0 Å². The van der Waals surface area contributed by atoms with Gasteiger partial charge in [-0.2, -0.15) is 0 Å². The molecule has 5 heteroatoms. The highest BCUT2D eigenvalue weighted by molar-refractivity contribution is 7.88. The lowest BCUT2D eigenvalue weighted by molar-refractivity contribution is -0.0909. The summed E-state index contributed by atoms with van der Waals surface area (Å²) in [6, 6.07) is 0. The van der Waals surface area contributed by atoms with Crippen LogP contribution in [0.4, 0.5) is 0 Å². The van der Waals surface area contributed by atoms with Crippen LogP contribution >= 0.6 is 0 Å². The van der Waals surface area contributed by atoms with Gasteiger partial charge in [0, 0.05) is 13.1 Å². The normalized spacial score (nSPS) is 20.7. The summed E-state index contributed by atoms with van der Waals surface area (Å²) in [6.07, 6.45) is 5.24. The molecule has 0 radical (unpaired) electrons. The summed E-state index contributed by atoms with van der Waals surface area (Å²) in [7, 11) is -3.03. The van der Waals surface area contributed by atoms with Crippen molar-refractivity contribution in [3.63, 3.8) is 0 Å². The second-order valence-corrected chi connectivity index (χ2v) is 7.47. The number of hydrogen-bond acceptors (Lipinski definition) is 3. The molecule has 0 atom stereocenters. The van der Waals surface area contributed by atoms with E-state index >= 15 is 0 Å². The molecular formula is C12H25NO3S. The lowest BCUT2D eigenvalue weighted by Crippen LogP contribution is -2.42. The van der Waals surface area contributed by atoms with E-state index in [0.717, 1.165) is 25.7 Å². The van der Waals surface area contributed by atoms with E-state index in [0.29, 0.717) is 13.1 Å². The summed E-state index contributed by atoms with van der Waals surface area (Å²) in [5.41, 5.74) is -0.0906. The Hall–Kier alpha value is -0.130. The number of hydrogen-bond donors (Lipinski definition) is 0. The van der Waals surface area contributed by atoms with Crippen molar-refractivity contribution in [3.05, 3.63) is 0 Å². The molecule has 0 aromatic carbocycles. The van der Waals surface area contributed by atoms with E-state index in [9.17, 15) is 8.42 Å². The third kappa shape index (κ3) is 4.94.